The molecule has 2 aromatic carbocycles. The van der Waals surface area contributed by atoms with Crippen LogP contribution >= 0.6 is 0 Å². The van der Waals surface area contributed by atoms with Gasteiger partial charge in [0.25, 0.3) is 0 Å². The van der Waals surface area contributed by atoms with Gasteiger partial charge in [-0.05, 0) is 86.7 Å². The summed E-state index contributed by atoms with van der Waals surface area (Å²) in [6.45, 7) is 5.71. The van der Waals surface area contributed by atoms with Crippen molar-refractivity contribution in [2.24, 2.45) is 0 Å². The zero-order chi connectivity index (χ0) is 21.1. The molecule has 0 unspecified atom stereocenters. The number of hydrogen-bond acceptors (Lipinski definition) is 4. The van der Waals surface area contributed by atoms with E-state index in [1.807, 2.05) is 12.1 Å². The Balaban J connectivity index is 1.59. The van der Waals surface area contributed by atoms with E-state index in [9.17, 15) is 0 Å². The normalized spacial score (nSPS) is 15.6. The highest BCUT2D eigenvalue weighted by Crippen LogP contribution is 2.37. The number of nitrogens with zero attached hydrogens (tertiary/aromatic N) is 1. The van der Waals surface area contributed by atoms with Gasteiger partial charge < -0.3 is 24.5 Å². The van der Waals surface area contributed by atoms with Crippen molar-refractivity contribution in [2.45, 2.75) is 32.1 Å². The lowest BCUT2D eigenvalue weighted by atomic mass is 9.88. The molecule has 5 nitrogen and oxygen atoms in total. The van der Waals surface area contributed by atoms with E-state index in [1.165, 1.54) is 34.9 Å². The van der Waals surface area contributed by atoms with Crippen LogP contribution in [0.5, 0.6) is 11.5 Å². The molecule has 4 rings (SSSR count). The standard InChI is InChI=1S/C25H32N2O3/c1-17-21-15-19(18-9-12-27(13-10-18)11-4-14-28)5-7-22(21)26-25(17)20-6-8-23(29-2)24(16-20)30-3/h5-8,15-16,18,26,28H,4,9-14H2,1-3H3. The lowest BCUT2D eigenvalue weighted by Gasteiger charge is -2.32. The number of nitrogens with one attached hydrogen (secondary N) is 1. The van der Waals surface area contributed by atoms with Gasteiger partial charge in [-0.2, -0.15) is 0 Å². The Morgan fingerprint density at radius 2 is 1.80 bits per heavy atom. The van der Waals surface area contributed by atoms with Gasteiger partial charge in [-0.1, -0.05) is 6.07 Å². The maximum atomic E-state index is 9.05. The smallest absolute Gasteiger partial charge is 0.161 e. The van der Waals surface area contributed by atoms with Gasteiger partial charge in [0.15, 0.2) is 11.5 Å². The number of hydrogen-bond donors (Lipinski definition) is 2. The molecule has 3 aromatic rings. The SMILES string of the molecule is COc1ccc(-c2[nH]c3ccc(C4CCN(CCCO)CC4)cc3c2C)cc1OC. The molecule has 1 aromatic heterocycles. The van der Waals surface area contributed by atoms with Crippen LogP contribution in [0.25, 0.3) is 22.2 Å². The minimum Gasteiger partial charge on any atom is -0.493 e. The van der Waals surface area contributed by atoms with E-state index in [-0.39, 0.29) is 6.61 Å². The quantitative estimate of drug-likeness (QED) is 0.594. The van der Waals surface area contributed by atoms with Crippen LogP contribution in [0, 0.1) is 6.92 Å². The number of aromatic nitrogens is 1. The number of methoxy groups -OCH3 is 2. The number of likely N-dealkylation sites (tertiary alicyclic amines) is 1. The molecule has 0 bridgehead atoms. The summed E-state index contributed by atoms with van der Waals surface area (Å²) in [5.74, 6) is 2.09. The summed E-state index contributed by atoms with van der Waals surface area (Å²) < 4.78 is 10.9. The van der Waals surface area contributed by atoms with Gasteiger partial charge in [0.2, 0.25) is 0 Å². The van der Waals surface area contributed by atoms with Gasteiger partial charge in [-0.3, -0.25) is 0 Å². The number of aromatic amines is 1. The second-order valence-corrected chi connectivity index (χ2v) is 8.19. The lowest BCUT2D eigenvalue weighted by molar-refractivity contribution is 0.187. The second kappa shape index (κ2) is 9.11. The third-order valence-corrected chi connectivity index (χ3v) is 6.45. The fraction of sp³-hybridized carbons (Fsp3) is 0.440. The first-order valence-corrected chi connectivity index (χ1v) is 10.8. The van der Waals surface area contributed by atoms with Crippen molar-refractivity contribution in [1.29, 1.82) is 0 Å². The largest absolute Gasteiger partial charge is 0.493 e. The topological polar surface area (TPSA) is 57.7 Å². The van der Waals surface area contributed by atoms with E-state index < -0.39 is 0 Å². The van der Waals surface area contributed by atoms with Crippen LogP contribution in [0.1, 0.15) is 36.3 Å². The molecule has 0 amide bonds. The number of rotatable bonds is 7. The van der Waals surface area contributed by atoms with E-state index in [0.29, 0.717) is 5.92 Å². The predicted octanol–water partition coefficient (Wildman–Crippen LogP) is 4.72. The first kappa shape index (κ1) is 20.8. The Bertz CT molecular complexity index is 1000. The van der Waals surface area contributed by atoms with Gasteiger partial charge in [-0.15, -0.1) is 0 Å². The molecule has 2 N–H and O–H groups in total. The Labute approximate surface area is 178 Å². The summed E-state index contributed by atoms with van der Waals surface area (Å²) in [7, 11) is 3.32. The number of piperidine rings is 1. The number of H-pyrrole nitrogens is 1. The monoisotopic (exact) mass is 408 g/mol. The molecule has 0 saturated carbocycles. The van der Waals surface area contributed by atoms with Crippen molar-refractivity contribution in [2.75, 3.05) is 40.5 Å². The molecule has 1 saturated heterocycles. The van der Waals surface area contributed by atoms with Crippen LogP contribution in [0.4, 0.5) is 0 Å². The van der Waals surface area contributed by atoms with Crippen LogP contribution in [0.3, 0.4) is 0 Å². The summed E-state index contributed by atoms with van der Waals surface area (Å²) in [5, 5.41) is 10.3. The van der Waals surface area contributed by atoms with Crippen molar-refractivity contribution in [3.63, 3.8) is 0 Å². The van der Waals surface area contributed by atoms with Gasteiger partial charge in [0.05, 0.1) is 14.2 Å². The molecule has 0 spiro atoms. The Morgan fingerprint density at radius 1 is 1.03 bits per heavy atom. The zero-order valence-corrected chi connectivity index (χ0v) is 18.2. The summed E-state index contributed by atoms with van der Waals surface area (Å²) >= 11 is 0. The number of fused-ring (bicyclic) bond motifs is 1. The fourth-order valence-electron chi connectivity index (χ4n) is 4.66. The van der Waals surface area contributed by atoms with Crippen molar-refractivity contribution in [1.82, 2.24) is 9.88 Å². The number of ether oxygens (including phenoxy) is 2. The average Bonchev–Trinajstić information content (AvgIpc) is 3.13. The molecule has 0 aliphatic carbocycles. The summed E-state index contributed by atoms with van der Waals surface area (Å²) in [4.78, 5) is 6.08. The Hall–Kier alpha value is -2.50. The van der Waals surface area contributed by atoms with Gasteiger partial charge in [-0.25, -0.2) is 0 Å². The molecule has 5 heteroatoms. The maximum absolute atomic E-state index is 9.05. The molecule has 1 aliphatic heterocycles. The highest BCUT2D eigenvalue weighted by atomic mass is 16.5. The molecule has 2 heterocycles. The lowest BCUT2D eigenvalue weighted by Crippen LogP contribution is -2.34. The summed E-state index contributed by atoms with van der Waals surface area (Å²) in [6.07, 6.45) is 3.24. The molecule has 0 atom stereocenters. The van der Waals surface area contributed by atoms with Crippen LogP contribution in [0.2, 0.25) is 0 Å². The number of aryl methyl sites for hydroxylation is 1. The van der Waals surface area contributed by atoms with Crippen molar-refractivity contribution < 1.29 is 14.6 Å². The van der Waals surface area contributed by atoms with Crippen LogP contribution in [0.15, 0.2) is 36.4 Å². The summed E-state index contributed by atoms with van der Waals surface area (Å²) in [5.41, 5.74) is 6.09. The van der Waals surface area contributed by atoms with Crippen molar-refractivity contribution >= 4 is 10.9 Å². The average molecular weight is 409 g/mol. The maximum Gasteiger partial charge on any atom is 0.161 e. The van der Waals surface area contributed by atoms with Gasteiger partial charge >= 0.3 is 0 Å². The Kier molecular flexibility index (Phi) is 6.30. The van der Waals surface area contributed by atoms with E-state index >= 15 is 0 Å². The highest BCUT2D eigenvalue weighted by Gasteiger charge is 2.21. The number of aliphatic hydroxyl groups is 1. The second-order valence-electron chi connectivity index (χ2n) is 8.19. The van der Waals surface area contributed by atoms with Crippen LogP contribution in [-0.2, 0) is 0 Å². The van der Waals surface area contributed by atoms with Gasteiger partial charge in [0.1, 0.15) is 0 Å². The molecule has 0 radical (unpaired) electrons. The molecule has 160 valence electrons. The Morgan fingerprint density at radius 3 is 2.50 bits per heavy atom. The molecule has 1 aliphatic rings. The highest BCUT2D eigenvalue weighted by molar-refractivity contribution is 5.91. The molecular formula is C25H32N2O3. The van der Waals surface area contributed by atoms with Crippen molar-refractivity contribution in [3.8, 4) is 22.8 Å². The van der Waals surface area contributed by atoms with Crippen molar-refractivity contribution in [3.05, 3.63) is 47.5 Å². The molecule has 30 heavy (non-hydrogen) atoms. The minimum absolute atomic E-state index is 0.283. The zero-order valence-electron chi connectivity index (χ0n) is 18.2. The molecule has 1 fully saturated rings. The fourth-order valence-corrected chi connectivity index (χ4v) is 4.66. The molecular weight excluding hydrogens is 376 g/mol. The van der Waals surface area contributed by atoms with E-state index in [2.05, 4.69) is 41.1 Å². The van der Waals surface area contributed by atoms with E-state index in [1.54, 1.807) is 14.2 Å². The minimum atomic E-state index is 0.283. The van der Waals surface area contributed by atoms with Crippen LogP contribution < -0.4 is 9.47 Å². The summed E-state index contributed by atoms with van der Waals surface area (Å²) in [6, 6.07) is 12.9. The number of aliphatic hydroxyl groups excluding tert-OH is 1. The van der Waals surface area contributed by atoms with E-state index in [4.69, 9.17) is 14.6 Å². The third kappa shape index (κ3) is 4.05. The van der Waals surface area contributed by atoms with Gasteiger partial charge in [0, 0.05) is 35.3 Å². The van der Waals surface area contributed by atoms with E-state index in [0.717, 1.165) is 48.8 Å². The first-order chi connectivity index (χ1) is 14.6. The third-order valence-electron chi connectivity index (χ3n) is 6.45. The predicted molar refractivity (Wildman–Crippen MR) is 122 cm³/mol. The first-order valence-electron chi connectivity index (χ1n) is 10.8. The number of benzene rings is 2. The van der Waals surface area contributed by atoms with Crippen LogP contribution in [-0.4, -0.2) is 55.5 Å².